The maximum Gasteiger partial charge on any atom is 0.331 e. The molecule has 0 spiro atoms. The second-order valence-corrected chi connectivity index (χ2v) is 9.79. The average molecular weight is 501 g/mol. The minimum absolute atomic E-state index is 0. The van der Waals surface area contributed by atoms with Crippen molar-refractivity contribution in [2.24, 2.45) is 7.05 Å². The molecule has 1 saturated carbocycles. The van der Waals surface area contributed by atoms with E-state index in [1.165, 1.54) is 0 Å². The Bertz CT molecular complexity index is 1680. The summed E-state index contributed by atoms with van der Waals surface area (Å²) >= 11 is 0. The topological polar surface area (TPSA) is 74.7 Å². The molecule has 8 heteroatoms. The van der Waals surface area contributed by atoms with E-state index in [0.717, 1.165) is 52.3 Å². The van der Waals surface area contributed by atoms with Gasteiger partial charge in [0, 0.05) is 58.9 Å². The predicted molar refractivity (Wildman–Crippen MR) is 146 cm³/mol. The molecule has 7 nitrogen and oxygen atoms in total. The Labute approximate surface area is 215 Å². The van der Waals surface area contributed by atoms with Crippen molar-refractivity contribution in [3.8, 4) is 23.0 Å². The lowest BCUT2D eigenvalue weighted by Crippen LogP contribution is -2.25. The monoisotopic (exact) mass is 500 g/mol. The van der Waals surface area contributed by atoms with Crippen molar-refractivity contribution in [1.82, 2.24) is 23.6 Å². The second-order valence-electron chi connectivity index (χ2n) is 9.79. The number of para-hydroxylation sites is 2. The molecule has 1 N–H and O–H groups in total. The van der Waals surface area contributed by atoms with Gasteiger partial charge in [-0.3, -0.25) is 9.55 Å². The summed E-state index contributed by atoms with van der Waals surface area (Å²) < 4.78 is 6.05. The molecule has 3 aromatic heterocycles. The van der Waals surface area contributed by atoms with E-state index in [1.807, 2.05) is 48.1 Å². The smallest absolute Gasteiger partial charge is 0.331 e. The molecule has 1 fully saturated rings. The highest BCUT2D eigenvalue weighted by Gasteiger charge is 2.30. The first-order chi connectivity index (χ1) is 17.0. The normalized spacial score (nSPS) is 17.6. The number of nitrogens with zero attached hydrogens (tertiary/aromatic N) is 5. The molecule has 2 atom stereocenters. The molecular formula is C28H29ClN6O. The van der Waals surface area contributed by atoms with E-state index in [-0.39, 0.29) is 23.8 Å². The SMILES string of the molecule is CN(C)[C@H]1CC[C@H](n2cc(-c3c(C#N)[nH]c(=O)n3-c3cn(C)c4ccccc34)c3ccccc32)C1.Cl. The van der Waals surface area contributed by atoms with Gasteiger partial charge in [-0.15, -0.1) is 12.4 Å². The molecule has 184 valence electrons. The lowest BCUT2D eigenvalue weighted by molar-refractivity contribution is 0.291. The van der Waals surface area contributed by atoms with E-state index >= 15 is 0 Å². The summed E-state index contributed by atoms with van der Waals surface area (Å²) in [4.78, 5) is 18.4. The number of nitriles is 1. The zero-order valence-electron chi connectivity index (χ0n) is 20.6. The Morgan fingerprint density at radius 2 is 1.69 bits per heavy atom. The summed E-state index contributed by atoms with van der Waals surface area (Å²) in [6.45, 7) is 0. The van der Waals surface area contributed by atoms with Crippen LogP contribution in [0.3, 0.4) is 0 Å². The highest BCUT2D eigenvalue weighted by atomic mass is 35.5. The van der Waals surface area contributed by atoms with Crippen LogP contribution in [-0.4, -0.2) is 43.7 Å². The van der Waals surface area contributed by atoms with E-state index < -0.39 is 0 Å². The highest BCUT2D eigenvalue weighted by molar-refractivity contribution is 5.98. The summed E-state index contributed by atoms with van der Waals surface area (Å²) in [5, 5.41) is 12.0. The number of H-pyrrole nitrogens is 1. The van der Waals surface area contributed by atoms with E-state index in [4.69, 9.17) is 0 Å². The van der Waals surface area contributed by atoms with Gasteiger partial charge >= 0.3 is 5.69 Å². The largest absolute Gasteiger partial charge is 0.348 e. The summed E-state index contributed by atoms with van der Waals surface area (Å²) in [5.74, 6) is 0. The van der Waals surface area contributed by atoms with Crippen molar-refractivity contribution in [2.75, 3.05) is 14.1 Å². The number of rotatable bonds is 4. The Morgan fingerprint density at radius 3 is 2.39 bits per heavy atom. The number of imidazole rings is 1. The molecule has 0 bridgehead atoms. The lowest BCUT2D eigenvalue weighted by Gasteiger charge is -2.19. The van der Waals surface area contributed by atoms with Gasteiger partial charge in [0.2, 0.25) is 0 Å². The van der Waals surface area contributed by atoms with Gasteiger partial charge < -0.3 is 14.0 Å². The minimum Gasteiger partial charge on any atom is -0.348 e. The molecule has 5 aromatic rings. The summed E-state index contributed by atoms with van der Waals surface area (Å²) in [6, 6.07) is 19.5. The Kier molecular flexibility index (Phi) is 6.03. The van der Waals surface area contributed by atoms with E-state index in [1.54, 1.807) is 4.57 Å². The van der Waals surface area contributed by atoms with Crippen LogP contribution >= 0.6 is 12.4 Å². The van der Waals surface area contributed by atoms with Gasteiger partial charge in [0.1, 0.15) is 11.8 Å². The second kappa shape index (κ2) is 9.05. The number of aromatic amines is 1. The first-order valence-corrected chi connectivity index (χ1v) is 12.0. The number of fused-ring (bicyclic) bond motifs is 2. The van der Waals surface area contributed by atoms with Crippen molar-refractivity contribution in [1.29, 1.82) is 5.26 Å². The van der Waals surface area contributed by atoms with Gasteiger partial charge in [0.25, 0.3) is 0 Å². The summed E-state index contributed by atoms with van der Waals surface area (Å²) in [5.41, 5.74) is 4.42. The van der Waals surface area contributed by atoms with Crippen LogP contribution in [0.1, 0.15) is 31.0 Å². The fourth-order valence-electron chi connectivity index (χ4n) is 5.85. The molecule has 0 radical (unpaired) electrons. The molecule has 1 aliphatic rings. The predicted octanol–water partition coefficient (Wildman–Crippen LogP) is 5.23. The van der Waals surface area contributed by atoms with Gasteiger partial charge in [-0.1, -0.05) is 36.4 Å². The number of aryl methyl sites for hydroxylation is 1. The zero-order valence-corrected chi connectivity index (χ0v) is 21.4. The molecule has 6 rings (SSSR count). The van der Waals surface area contributed by atoms with Crippen LogP contribution in [-0.2, 0) is 7.05 Å². The number of hydrogen-bond donors (Lipinski definition) is 1. The van der Waals surface area contributed by atoms with Crippen LogP contribution in [0.2, 0.25) is 0 Å². The summed E-state index contributed by atoms with van der Waals surface area (Å²) in [6.07, 6.45) is 7.46. The molecular weight excluding hydrogens is 472 g/mol. The number of halogens is 1. The molecule has 2 aromatic carbocycles. The van der Waals surface area contributed by atoms with Crippen molar-refractivity contribution in [3.05, 3.63) is 77.1 Å². The molecule has 36 heavy (non-hydrogen) atoms. The van der Waals surface area contributed by atoms with Crippen molar-refractivity contribution in [2.45, 2.75) is 31.3 Å². The molecule has 0 unspecified atom stereocenters. The maximum absolute atomic E-state index is 13.3. The Morgan fingerprint density at radius 1 is 1.00 bits per heavy atom. The first kappa shape index (κ1) is 24.0. The molecule has 0 amide bonds. The van der Waals surface area contributed by atoms with Crippen molar-refractivity contribution in [3.63, 3.8) is 0 Å². The third-order valence-corrected chi connectivity index (χ3v) is 7.62. The van der Waals surface area contributed by atoms with Crippen LogP contribution < -0.4 is 5.69 Å². The van der Waals surface area contributed by atoms with Crippen LogP contribution in [0.25, 0.3) is 38.8 Å². The standard InChI is InChI=1S/C28H28N6O.ClH/c1-31(2)18-12-13-19(14-18)33-16-22(20-8-4-7-11-25(20)33)27-23(15-29)30-28(35)34(27)26-17-32(3)24-10-6-5-9-21(24)26;/h4-11,16-19H,12-14H2,1-3H3,(H,30,35);1H/t18-,19-;/m0./s1. The number of benzene rings is 2. The number of hydrogen-bond acceptors (Lipinski definition) is 3. The molecule has 3 heterocycles. The minimum atomic E-state index is -0.307. The lowest BCUT2D eigenvalue weighted by atomic mass is 10.1. The fourth-order valence-corrected chi connectivity index (χ4v) is 5.85. The maximum atomic E-state index is 13.3. The molecule has 0 aliphatic heterocycles. The van der Waals surface area contributed by atoms with Gasteiger partial charge in [-0.25, -0.2) is 4.79 Å². The quantitative estimate of drug-likeness (QED) is 0.367. The van der Waals surface area contributed by atoms with Crippen LogP contribution in [0.5, 0.6) is 0 Å². The van der Waals surface area contributed by atoms with Crippen LogP contribution in [0.15, 0.2) is 65.7 Å². The zero-order chi connectivity index (χ0) is 24.3. The third-order valence-electron chi connectivity index (χ3n) is 7.62. The Balaban J connectivity index is 0.00000267. The number of nitrogens with one attached hydrogen (secondary N) is 1. The average Bonchev–Trinajstić information content (AvgIpc) is 3.62. The van der Waals surface area contributed by atoms with Crippen LogP contribution in [0.4, 0.5) is 0 Å². The third kappa shape index (κ3) is 3.57. The van der Waals surface area contributed by atoms with E-state index in [0.29, 0.717) is 17.8 Å². The van der Waals surface area contributed by atoms with E-state index in [9.17, 15) is 10.1 Å². The first-order valence-electron chi connectivity index (χ1n) is 12.0. The van der Waals surface area contributed by atoms with Crippen molar-refractivity contribution >= 4 is 34.2 Å². The fraction of sp³-hybridized carbons (Fsp3) is 0.286. The Hall–Kier alpha value is -3.73. The van der Waals surface area contributed by atoms with E-state index in [2.05, 4.69) is 59.0 Å². The number of aromatic nitrogens is 4. The van der Waals surface area contributed by atoms with Gasteiger partial charge in [-0.2, -0.15) is 5.26 Å². The molecule has 1 aliphatic carbocycles. The highest BCUT2D eigenvalue weighted by Crippen LogP contribution is 2.40. The van der Waals surface area contributed by atoms with Crippen molar-refractivity contribution < 1.29 is 0 Å². The summed E-state index contributed by atoms with van der Waals surface area (Å²) in [7, 11) is 6.27. The van der Waals surface area contributed by atoms with Crippen LogP contribution in [0, 0.1) is 11.3 Å². The molecule has 0 saturated heterocycles. The van der Waals surface area contributed by atoms with Gasteiger partial charge in [0.15, 0.2) is 0 Å². The van der Waals surface area contributed by atoms with Gasteiger partial charge in [-0.05, 0) is 45.5 Å². The van der Waals surface area contributed by atoms with Gasteiger partial charge in [0.05, 0.1) is 11.4 Å².